The second-order valence-corrected chi connectivity index (χ2v) is 5.59. The summed E-state index contributed by atoms with van der Waals surface area (Å²) >= 11 is 0. The first-order valence-electron chi connectivity index (χ1n) is 7.38. The molecule has 1 aromatic heterocycles. The highest BCUT2D eigenvalue weighted by Crippen LogP contribution is 2.28. The van der Waals surface area contributed by atoms with Gasteiger partial charge >= 0.3 is 0 Å². The van der Waals surface area contributed by atoms with Gasteiger partial charge in [-0.25, -0.2) is 0 Å². The van der Waals surface area contributed by atoms with Crippen LogP contribution in [0.15, 0.2) is 12.3 Å². The van der Waals surface area contributed by atoms with Crippen LogP contribution in [0, 0.1) is 0 Å². The Morgan fingerprint density at radius 3 is 2.95 bits per heavy atom. The number of aromatic nitrogens is 2. The standard InChI is InChI=1S/C14H22N4O/c19-14-13(6-3-8-15-14)16-10-11-7-9-18(17-11)12-4-1-2-5-12/h7,9,12-13,16H,1-6,8,10H2,(H,15,19). The maximum Gasteiger partial charge on any atom is 0.237 e. The van der Waals surface area contributed by atoms with Crippen LogP contribution in [-0.2, 0) is 11.3 Å². The fourth-order valence-electron chi connectivity index (χ4n) is 3.04. The van der Waals surface area contributed by atoms with Crippen molar-refractivity contribution in [1.82, 2.24) is 20.4 Å². The molecular formula is C14H22N4O. The number of amides is 1. The summed E-state index contributed by atoms with van der Waals surface area (Å²) in [6, 6.07) is 2.60. The lowest BCUT2D eigenvalue weighted by atomic mass is 10.1. The van der Waals surface area contributed by atoms with Crippen LogP contribution in [0.1, 0.15) is 50.3 Å². The van der Waals surface area contributed by atoms with Gasteiger partial charge in [0.2, 0.25) is 5.91 Å². The van der Waals surface area contributed by atoms with Crippen molar-refractivity contribution >= 4 is 5.91 Å². The van der Waals surface area contributed by atoms with E-state index in [1.807, 2.05) is 0 Å². The first-order chi connectivity index (χ1) is 9.33. The van der Waals surface area contributed by atoms with Gasteiger partial charge in [0.25, 0.3) is 0 Å². The Hall–Kier alpha value is -1.36. The van der Waals surface area contributed by atoms with Gasteiger partial charge < -0.3 is 10.6 Å². The number of nitrogens with one attached hydrogen (secondary N) is 2. The van der Waals surface area contributed by atoms with Crippen molar-refractivity contribution in [2.24, 2.45) is 0 Å². The van der Waals surface area contributed by atoms with Crippen molar-refractivity contribution in [3.63, 3.8) is 0 Å². The van der Waals surface area contributed by atoms with Gasteiger partial charge in [0.1, 0.15) is 0 Å². The molecule has 2 aliphatic rings. The van der Waals surface area contributed by atoms with Gasteiger partial charge in [-0.3, -0.25) is 9.48 Å². The summed E-state index contributed by atoms with van der Waals surface area (Å²) in [5.74, 6) is 0.126. The second kappa shape index (κ2) is 5.74. The molecule has 1 atom stereocenters. The van der Waals surface area contributed by atoms with E-state index in [1.54, 1.807) is 0 Å². The Morgan fingerprint density at radius 2 is 2.16 bits per heavy atom. The molecular weight excluding hydrogens is 240 g/mol. The van der Waals surface area contributed by atoms with E-state index in [-0.39, 0.29) is 11.9 Å². The lowest BCUT2D eigenvalue weighted by Gasteiger charge is -2.22. The Labute approximate surface area is 113 Å². The molecule has 2 N–H and O–H groups in total. The predicted octanol–water partition coefficient (Wildman–Crippen LogP) is 1.37. The zero-order valence-electron chi connectivity index (χ0n) is 11.3. The molecule has 0 bridgehead atoms. The zero-order chi connectivity index (χ0) is 13.1. The first-order valence-corrected chi connectivity index (χ1v) is 7.38. The lowest BCUT2D eigenvalue weighted by molar-refractivity contribution is -0.124. The van der Waals surface area contributed by atoms with Gasteiger partial charge in [0.15, 0.2) is 0 Å². The zero-order valence-corrected chi connectivity index (χ0v) is 11.3. The highest BCUT2D eigenvalue weighted by molar-refractivity contribution is 5.82. The summed E-state index contributed by atoms with van der Waals surface area (Å²) in [7, 11) is 0. The van der Waals surface area contributed by atoms with E-state index < -0.39 is 0 Å². The molecule has 2 fully saturated rings. The number of hydrogen-bond donors (Lipinski definition) is 2. The smallest absolute Gasteiger partial charge is 0.237 e. The molecule has 3 rings (SSSR count). The summed E-state index contributed by atoms with van der Waals surface area (Å²) < 4.78 is 2.10. The average molecular weight is 262 g/mol. The molecule has 1 saturated carbocycles. The summed E-state index contributed by atoms with van der Waals surface area (Å²) in [6.07, 6.45) is 9.20. The molecule has 1 aliphatic heterocycles. The van der Waals surface area contributed by atoms with Gasteiger partial charge in [-0.15, -0.1) is 0 Å². The van der Waals surface area contributed by atoms with Crippen LogP contribution in [0.5, 0.6) is 0 Å². The third-order valence-corrected chi connectivity index (χ3v) is 4.18. The Balaban J connectivity index is 1.53. The van der Waals surface area contributed by atoms with Crippen molar-refractivity contribution in [2.45, 2.75) is 57.2 Å². The average Bonchev–Trinajstić information content (AvgIpc) is 3.09. The highest BCUT2D eigenvalue weighted by atomic mass is 16.2. The molecule has 1 unspecified atom stereocenters. The third kappa shape index (κ3) is 2.97. The predicted molar refractivity (Wildman–Crippen MR) is 72.6 cm³/mol. The monoisotopic (exact) mass is 262 g/mol. The minimum atomic E-state index is -0.0506. The molecule has 0 aromatic carbocycles. The van der Waals surface area contributed by atoms with Crippen molar-refractivity contribution in [1.29, 1.82) is 0 Å². The Bertz CT molecular complexity index is 436. The Morgan fingerprint density at radius 1 is 1.32 bits per heavy atom. The van der Waals surface area contributed by atoms with E-state index in [2.05, 4.69) is 32.7 Å². The van der Waals surface area contributed by atoms with Gasteiger partial charge in [0, 0.05) is 19.3 Å². The molecule has 0 radical (unpaired) electrons. The third-order valence-electron chi connectivity index (χ3n) is 4.18. The first kappa shape index (κ1) is 12.7. The Kier molecular flexibility index (Phi) is 3.82. The molecule has 19 heavy (non-hydrogen) atoms. The second-order valence-electron chi connectivity index (χ2n) is 5.59. The van der Waals surface area contributed by atoms with Gasteiger partial charge in [-0.05, 0) is 31.7 Å². The topological polar surface area (TPSA) is 59.0 Å². The number of nitrogens with zero attached hydrogens (tertiary/aromatic N) is 2. The molecule has 1 amide bonds. The molecule has 104 valence electrons. The molecule has 1 saturated heterocycles. The minimum absolute atomic E-state index is 0.0506. The van der Waals surface area contributed by atoms with E-state index in [9.17, 15) is 4.79 Å². The summed E-state index contributed by atoms with van der Waals surface area (Å²) in [5.41, 5.74) is 1.03. The number of hydrogen-bond acceptors (Lipinski definition) is 3. The number of rotatable bonds is 4. The van der Waals surface area contributed by atoms with Crippen LogP contribution in [0.3, 0.4) is 0 Å². The van der Waals surface area contributed by atoms with E-state index >= 15 is 0 Å². The summed E-state index contributed by atoms with van der Waals surface area (Å²) in [5, 5.41) is 10.8. The van der Waals surface area contributed by atoms with Crippen LogP contribution >= 0.6 is 0 Å². The molecule has 5 heteroatoms. The van der Waals surface area contributed by atoms with E-state index in [0.29, 0.717) is 12.6 Å². The fourth-order valence-corrected chi connectivity index (χ4v) is 3.04. The number of piperidine rings is 1. The SMILES string of the molecule is O=C1NCCCC1NCc1ccn(C2CCCC2)n1. The van der Waals surface area contributed by atoms with E-state index in [1.165, 1.54) is 25.7 Å². The molecule has 1 aliphatic carbocycles. The number of carbonyl (C=O) groups is 1. The van der Waals surface area contributed by atoms with Crippen LogP contribution in [-0.4, -0.2) is 28.3 Å². The van der Waals surface area contributed by atoms with Crippen molar-refractivity contribution in [3.05, 3.63) is 18.0 Å². The largest absolute Gasteiger partial charge is 0.355 e. The summed E-state index contributed by atoms with van der Waals surface area (Å²) in [4.78, 5) is 11.6. The van der Waals surface area contributed by atoms with Crippen LogP contribution in [0.2, 0.25) is 0 Å². The van der Waals surface area contributed by atoms with Crippen molar-refractivity contribution in [2.75, 3.05) is 6.54 Å². The normalized spacial score (nSPS) is 24.6. The molecule has 0 spiro atoms. The maximum absolute atomic E-state index is 11.6. The quantitative estimate of drug-likeness (QED) is 0.861. The number of carbonyl (C=O) groups excluding carboxylic acids is 1. The maximum atomic E-state index is 11.6. The van der Waals surface area contributed by atoms with Crippen LogP contribution < -0.4 is 10.6 Å². The van der Waals surface area contributed by atoms with Gasteiger partial charge in [-0.1, -0.05) is 12.8 Å². The van der Waals surface area contributed by atoms with Crippen LogP contribution in [0.4, 0.5) is 0 Å². The van der Waals surface area contributed by atoms with E-state index in [0.717, 1.165) is 25.1 Å². The molecule has 2 heterocycles. The molecule has 1 aromatic rings. The van der Waals surface area contributed by atoms with E-state index in [4.69, 9.17) is 0 Å². The van der Waals surface area contributed by atoms with Gasteiger partial charge in [0.05, 0.1) is 17.8 Å². The minimum Gasteiger partial charge on any atom is -0.355 e. The molecule has 5 nitrogen and oxygen atoms in total. The highest BCUT2D eigenvalue weighted by Gasteiger charge is 2.22. The lowest BCUT2D eigenvalue weighted by Crippen LogP contribution is -2.47. The van der Waals surface area contributed by atoms with Gasteiger partial charge in [-0.2, -0.15) is 5.10 Å². The summed E-state index contributed by atoms with van der Waals surface area (Å²) in [6.45, 7) is 1.49. The van der Waals surface area contributed by atoms with Crippen molar-refractivity contribution in [3.8, 4) is 0 Å². The fraction of sp³-hybridized carbons (Fsp3) is 0.714. The van der Waals surface area contributed by atoms with Crippen LogP contribution in [0.25, 0.3) is 0 Å². The van der Waals surface area contributed by atoms with Crippen molar-refractivity contribution < 1.29 is 4.79 Å².